The highest BCUT2D eigenvalue weighted by Gasteiger charge is 2.19. The van der Waals surface area contributed by atoms with Gasteiger partial charge in [-0.05, 0) is 52.4 Å². The molecule has 0 aromatic heterocycles. The van der Waals surface area contributed by atoms with Gasteiger partial charge in [0.1, 0.15) is 5.82 Å². The largest absolute Gasteiger partial charge is 0.206 e. The minimum absolute atomic E-state index is 0.198. The molecule has 0 N–H and O–H groups in total. The van der Waals surface area contributed by atoms with E-state index < -0.39 is 0 Å². The summed E-state index contributed by atoms with van der Waals surface area (Å²) in [4.78, 5) is 0.319. The van der Waals surface area contributed by atoms with Gasteiger partial charge in [-0.2, -0.15) is 0 Å². The first-order valence-electron chi connectivity index (χ1n) is 6.19. The highest BCUT2D eigenvalue weighted by molar-refractivity contribution is 9.10. The Hall–Kier alpha value is 0.110. The van der Waals surface area contributed by atoms with Crippen molar-refractivity contribution in [1.29, 1.82) is 0 Å². The first-order chi connectivity index (χ1) is 8.10. The van der Waals surface area contributed by atoms with Crippen molar-refractivity contribution in [3.05, 3.63) is 34.1 Å². The molecule has 1 atom stereocenters. The van der Waals surface area contributed by atoms with Crippen LogP contribution in [0.4, 0.5) is 4.39 Å². The molecule has 1 aromatic carbocycles. The number of hydrogen-bond acceptors (Lipinski definition) is 0. The van der Waals surface area contributed by atoms with E-state index >= 15 is 0 Å². The lowest BCUT2D eigenvalue weighted by Crippen LogP contribution is -2.07. The third-order valence-corrected chi connectivity index (χ3v) is 4.88. The van der Waals surface area contributed by atoms with Crippen LogP contribution in [0, 0.1) is 11.7 Å². The molecule has 1 rings (SSSR count). The topological polar surface area (TPSA) is 0 Å². The lowest BCUT2D eigenvalue weighted by Gasteiger charge is -2.22. The predicted octanol–water partition coefficient (Wildman–Crippen LogP) is 6.24. The van der Waals surface area contributed by atoms with Gasteiger partial charge in [0.05, 0.1) is 4.47 Å². The highest BCUT2D eigenvalue weighted by atomic mass is 79.9. The molecule has 0 spiro atoms. The summed E-state index contributed by atoms with van der Waals surface area (Å²) >= 11 is 7.02. The monoisotopic (exact) mass is 364 g/mol. The van der Waals surface area contributed by atoms with Gasteiger partial charge in [-0.3, -0.25) is 0 Å². The summed E-state index contributed by atoms with van der Waals surface area (Å²) in [7, 11) is 0. The number of hydrogen-bond donors (Lipinski definition) is 0. The molecule has 0 saturated carbocycles. The maximum absolute atomic E-state index is 13.2. The lowest BCUT2D eigenvalue weighted by atomic mass is 9.91. The van der Waals surface area contributed by atoms with Gasteiger partial charge in [0.25, 0.3) is 0 Å². The van der Waals surface area contributed by atoms with Crippen molar-refractivity contribution in [2.45, 2.75) is 44.4 Å². The maximum Gasteiger partial charge on any atom is 0.137 e. The Balaban J connectivity index is 2.84. The Morgan fingerprint density at radius 2 is 1.76 bits per heavy atom. The first-order valence-corrected chi connectivity index (χ1v) is 7.90. The van der Waals surface area contributed by atoms with Crippen LogP contribution in [-0.2, 0) is 0 Å². The van der Waals surface area contributed by atoms with E-state index in [2.05, 4.69) is 45.7 Å². The maximum atomic E-state index is 13.2. The fraction of sp³-hybridized carbons (Fsp3) is 0.571. The molecule has 0 aliphatic carbocycles. The highest BCUT2D eigenvalue weighted by Crippen LogP contribution is 2.37. The van der Waals surface area contributed by atoms with Crippen molar-refractivity contribution in [2.24, 2.45) is 5.92 Å². The lowest BCUT2D eigenvalue weighted by molar-refractivity contribution is 0.434. The molecule has 0 aliphatic rings. The van der Waals surface area contributed by atoms with Crippen LogP contribution in [0.25, 0.3) is 0 Å². The standard InChI is InChI=1S/C14H19Br2F/c1-3-5-10(6-4-2)14(16)11-7-8-13(17)12(15)9-11/h7-10,14H,3-6H2,1-2H3. The Morgan fingerprint density at radius 3 is 2.24 bits per heavy atom. The zero-order valence-corrected chi connectivity index (χ0v) is 13.5. The zero-order chi connectivity index (χ0) is 12.8. The van der Waals surface area contributed by atoms with Crippen molar-refractivity contribution in [1.82, 2.24) is 0 Å². The predicted molar refractivity (Wildman–Crippen MR) is 79.1 cm³/mol. The minimum Gasteiger partial charge on any atom is -0.206 e. The number of rotatable bonds is 6. The van der Waals surface area contributed by atoms with Crippen LogP contribution in [-0.4, -0.2) is 0 Å². The molecule has 17 heavy (non-hydrogen) atoms. The number of alkyl halides is 1. The van der Waals surface area contributed by atoms with E-state index in [0.29, 0.717) is 15.2 Å². The minimum atomic E-state index is -0.198. The van der Waals surface area contributed by atoms with Gasteiger partial charge >= 0.3 is 0 Å². The second-order valence-corrected chi connectivity index (χ2v) is 6.25. The average Bonchev–Trinajstić information content (AvgIpc) is 2.31. The fourth-order valence-electron chi connectivity index (χ4n) is 2.13. The van der Waals surface area contributed by atoms with E-state index in [4.69, 9.17) is 0 Å². The molecule has 0 bridgehead atoms. The number of halogens is 3. The van der Waals surface area contributed by atoms with Crippen LogP contribution < -0.4 is 0 Å². The van der Waals surface area contributed by atoms with Gasteiger partial charge in [-0.25, -0.2) is 4.39 Å². The summed E-state index contributed by atoms with van der Waals surface area (Å²) in [5, 5.41) is 0. The molecule has 1 unspecified atom stereocenters. The van der Waals surface area contributed by atoms with E-state index in [1.54, 1.807) is 0 Å². The third kappa shape index (κ3) is 4.36. The van der Waals surface area contributed by atoms with Crippen LogP contribution in [0.1, 0.15) is 49.9 Å². The van der Waals surface area contributed by atoms with Gasteiger partial charge in [-0.1, -0.05) is 48.7 Å². The molecule has 0 nitrogen and oxygen atoms in total. The quantitative estimate of drug-likeness (QED) is 0.523. The van der Waals surface area contributed by atoms with E-state index in [1.165, 1.54) is 31.7 Å². The first kappa shape index (κ1) is 15.2. The average molecular weight is 366 g/mol. The summed E-state index contributed by atoms with van der Waals surface area (Å²) in [6.45, 7) is 4.42. The Morgan fingerprint density at radius 1 is 1.18 bits per heavy atom. The molecular weight excluding hydrogens is 347 g/mol. The normalized spacial score (nSPS) is 13.1. The molecule has 0 aliphatic heterocycles. The zero-order valence-electron chi connectivity index (χ0n) is 10.3. The molecule has 0 heterocycles. The molecular formula is C14H19Br2F. The Labute approximate surface area is 120 Å². The van der Waals surface area contributed by atoms with E-state index in [0.717, 1.165) is 5.56 Å². The summed E-state index contributed by atoms with van der Waals surface area (Å²) in [6, 6.07) is 5.29. The van der Waals surface area contributed by atoms with E-state index in [-0.39, 0.29) is 5.82 Å². The SMILES string of the molecule is CCCC(CCC)C(Br)c1ccc(F)c(Br)c1. The van der Waals surface area contributed by atoms with Crippen LogP contribution in [0.2, 0.25) is 0 Å². The summed E-state index contributed by atoms with van der Waals surface area (Å²) in [5.74, 6) is 0.429. The van der Waals surface area contributed by atoms with Crippen LogP contribution in [0.5, 0.6) is 0 Å². The third-order valence-electron chi connectivity index (χ3n) is 2.99. The van der Waals surface area contributed by atoms with Crippen LogP contribution >= 0.6 is 31.9 Å². The van der Waals surface area contributed by atoms with Crippen molar-refractivity contribution in [2.75, 3.05) is 0 Å². The molecule has 96 valence electrons. The van der Waals surface area contributed by atoms with Crippen molar-refractivity contribution in [3.8, 4) is 0 Å². The van der Waals surface area contributed by atoms with E-state index in [1.807, 2.05) is 12.1 Å². The van der Waals surface area contributed by atoms with Gasteiger partial charge in [0.2, 0.25) is 0 Å². The molecule has 0 fully saturated rings. The summed E-state index contributed by atoms with van der Waals surface area (Å²) in [6.07, 6.45) is 4.79. The second-order valence-electron chi connectivity index (χ2n) is 4.41. The van der Waals surface area contributed by atoms with Gasteiger partial charge in [0, 0.05) is 4.83 Å². The van der Waals surface area contributed by atoms with Crippen molar-refractivity contribution < 1.29 is 4.39 Å². The van der Waals surface area contributed by atoms with Crippen LogP contribution in [0.15, 0.2) is 22.7 Å². The van der Waals surface area contributed by atoms with Crippen molar-refractivity contribution in [3.63, 3.8) is 0 Å². The van der Waals surface area contributed by atoms with Crippen molar-refractivity contribution >= 4 is 31.9 Å². The summed E-state index contributed by atoms with van der Waals surface area (Å²) in [5.41, 5.74) is 1.16. The molecule has 0 saturated heterocycles. The van der Waals surface area contributed by atoms with Gasteiger partial charge < -0.3 is 0 Å². The molecule has 0 radical (unpaired) electrons. The number of benzene rings is 1. The smallest absolute Gasteiger partial charge is 0.137 e. The molecule has 1 aromatic rings. The van der Waals surface area contributed by atoms with Crippen LogP contribution in [0.3, 0.4) is 0 Å². The second kappa shape index (κ2) is 7.52. The summed E-state index contributed by atoms with van der Waals surface area (Å²) < 4.78 is 13.7. The Kier molecular flexibility index (Phi) is 6.71. The Bertz CT molecular complexity index is 346. The van der Waals surface area contributed by atoms with Gasteiger partial charge in [-0.15, -0.1) is 0 Å². The van der Waals surface area contributed by atoms with Gasteiger partial charge in [0.15, 0.2) is 0 Å². The fourth-order valence-corrected chi connectivity index (χ4v) is 3.34. The molecule has 3 heteroatoms. The van der Waals surface area contributed by atoms with E-state index in [9.17, 15) is 4.39 Å². The molecule has 0 amide bonds.